The van der Waals surface area contributed by atoms with Gasteiger partial charge in [-0.3, -0.25) is 0 Å². The van der Waals surface area contributed by atoms with Crippen LogP contribution in [-0.4, -0.2) is 12.8 Å². The van der Waals surface area contributed by atoms with E-state index in [2.05, 4.69) is 43.9 Å². The van der Waals surface area contributed by atoms with Crippen molar-refractivity contribution in [2.75, 3.05) is 12.8 Å². The van der Waals surface area contributed by atoms with Crippen molar-refractivity contribution in [1.82, 2.24) is 0 Å². The van der Waals surface area contributed by atoms with Gasteiger partial charge in [0.05, 0.1) is 0 Å². The molecule has 1 aromatic carbocycles. The van der Waals surface area contributed by atoms with Crippen LogP contribution in [0.1, 0.15) is 19.8 Å². The molecule has 0 unspecified atom stereocenters. The van der Waals surface area contributed by atoms with E-state index in [4.69, 9.17) is 0 Å². The van der Waals surface area contributed by atoms with Gasteiger partial charge >= 0.3 is 0 Å². The van der Waals surface area contributed by atoms with Crippen LogP contribution in [0.15, 0.2) is 30.3 Å². The molecule has 0 nitrogen and oxygen atoms in total. The van der Waals surface area contributed by atoms with E-state index in [0.717, 1.165) is 0 Å². The molecule has 0 amide bonds. The summed E-state index contributed by atoms with van der Waals surface area (Å²) in [6.45, 7) is 4.63. The molecule has 1 rings (SSSR count). The van der Waals surface area contributed by atoms with Crippen molar-refractivity contribution in [2.24, 2.45) is 0 Å². The van der Waals surface area contributed by atoms with E-state index in [1.165, 1.54) is 19.0 Å². The third-order valence-electron chi connectivity index (χ3n) is 2.04. The smallest absolute Gasteiger partial charge is 0.0243 e. The van der Waals surface area contributed by atoms with Gasteiger partial charge in [0.2, 0.25) is 0 Å². The molecular weight excluding hydrogens is 163 g/mol. The second kappa shape index (κ2) is 5.32. The van der Waals surface area contributed by atoms with Crippen LogP contribution in [-0.2, 0) is 0 Å². The summed E-state index contributed by atoms with van der Waals surface area (Å²) in [4.78, 5) is 0. The lowest BCUT2D eigenvalue weighted by molar-refractivity contribution is 0.893. The van der Waals surface area contributed by atoms with E-state index in [0.29, 0.717) is 0 Å². The van der Waals surface area contributed by atoms with E-state index in [-0.39, 0.29) is 7.92 Å². The molecule has 1 atom stereocenters. The van der Waals surface area contributed by atoms with Gasteiger partial charge in [0.1, 0.15) is 0 Å². The summed E-state index contributed by atoms with van der Waals surface area (Å²) in [7, 11) is 0.118. The van der Waals surface area contributed by atoms with E-state index in [1.807, 2.05) is 0 Å². The Labute approximate surface area is 76.8 Å². The molecule has 1 aromatic rings. The molecule has 0 saturated carbocycles. The second-order valence-corrected chi connectivity index (χ2v) is 5.47. The van der Waals surface area contributed by atoms with Crippen LogP contribution in [0.3, 0.4) is 0 Å². The molecule has 0 fully saturated rings. The maximum atomic E-state index is 2.38. The molecule has 0 bridgehead atoms. The Morgan fingerprint density at radius 2 is 1.83 bits per heavy atom. The van der Waals surface area contributed by atoms with Crippen molar-refractivity contribution in [3.63, 3.8) is 0 Å². The van der Waals surface area contributed by atoms with Crippen LogP contribution in [0.25, 0.3) is 0 Å². The first-order chi connectivity index (χ1) is 5.84. The van der Waals surface area contributed by atoms with Gasteiger partial charge in [-0.15, -0.1) is 0 Å². The summed E-state index contributed by atoms with van der Waals surface area (Å²) in [5.74, 6) is 0. The Bertz CT molecular complexity index is 206. The van der Waals surface area contributed by atoms with Crippen molar-refractivity contribution in [2.45, 2.75) is 19.8 Å². The van der Waals surface area contributed by atoms with Crippen LogP contribution in [0.4, 0.5) is 0 Å². The minimum Gasteiger partial charge on any atom is -0.0785 e. The Balaban J connectivity index is 2.48. The average Bonchev–Trinajstić information content (AvgIpc) is 2.15. The Hall–Kier alpha value is -0.350. The number of unbranched alkanes of at least 4 members (excludes halogenated alkanes) is 1. The Morgan fingerprint density at radius 3 is 2.42 bits per heavy atom. The lowest BCUT2D eigenvalue weighted by Gasteiger charge is -2.10. The topological polar surface area (TPSA) is 0 Å². The summed E-state index contributed by atoms with van der Waals surface area (Å²) in [6, 6.07) is 10.9. The summed E-state index contributed by atoms with van der Waals surface area (Å²) in [5.41, 5.74) is 0. The minimum atomic E-state index is 0.118. The van der Waals surface area contributed by atoms with Crippen LogP contribution in [0.5, 0.6) is 0 Å². The van der Waals surface area contributed by atoms with Crippen LogP contribution in [0.2, 0.25) is 0 Å². The van der Waals surface area contributed by atoms with E-state index < -0.39 is 0 Å². The maximum Gasteiger partial charge on any atom is -0.0243 e. The largest absolute Gasteiger partial charge is 0.0785 e. The summed E-state index contributed by atoms with van der Waals surface area (Å²) < 4.78 is 0. The molecule has 0 aliphatic carbocycles. The van der Waals surface area contributed by atoms with Crippen molar-refractivity contribution < 1.29 is 0 Å². The normalized spacial score (nSPS) is 12.8. The van der Waals surface area contributed by atoms with E-state index in [1.54, 1.807) is 5.30 Å². The van der Waals surface area contributed by atoms with Crippen molar-refractivity contribution in [1.29, 1.82) is 0 Å². The molecule has 66 valence electrons. The lowest BCUT2D eigenvalue weighted by Crippen LogP contribution is -2.00. The molecule has 0 saturated heterocycles. The third kappa shape index (κ3) is 2.95. The van der Waals surface area contributed by atoms with Crippen LogP contribution < -0.4 is 5.30 Å². The standard InChI is InChI=1S/C11H17P/c1-3-4-10-12(2)11-8-6-5-7-9-11/h5-9H,3-4,10H2,1-2H3/t12-/m1/s1. The molecule has 0 heterocycles. The lowest BCUT2D eigenvalue weighted by atomic mass is 10.4. The van der Waals surface area contributed by atoms with Gasteiger partial charge in [0, 0.05) is 0 Å². The van der Waals surface area contributed by atoms with Gasteiger partial charge in [-0.05, 0) is 24.6 Å². The van der Waals surface area contributed by atoms with Gasteiger partial charge in [0.25, 0.3) is 0 Å². The number of hydrogen-bond acceptors (Lipinski definition) is 0. The molecule has 12 heavy (non-hydrogen) atoms. The third-order valence-corrected chi connectivity index (χ3v) is 4.21. The summed E-state index contributed by atoms with van der Waals surface area (Å²) >= 11 is 0. The first-order valence-corrected chi connectivity index (χ1v) is 6.58. The highest BCUT2D eigenvalue weighted by Crippen LogP contribution is 2.30. The van der Waals surface area contributed by atoms with Gasteiger partial charge in [-0.1, -0.05) is 51.6 Å². The Morgan fingerprint density at radius 1 is 1.17 bits per heavy atom. The van der Waals surface area contributed by atoms with Crippen molar-refractivity contribution >= 4 is 13.2 Å². The number of rotatable bonds is 4. The zero-order valence-electron chi connectivity index (χ0n) is 7.96. The van der Waals surface area contributed by atoms with Crippen molar-refractivity contribution in [3.8, 4) is 0 Å². The van der Waals surface area contributed by atoms with Gasteiger partial charge in [-0.2, -0.15) is 0 Å². The van der Waals surface area contributed by atoms with E-state index in [9.17, 15) is 0 Å². The van der Waals surface area contributed by atoms with Gasteiger partial charge < -0.3 is 0 Å². The molecule has 0 aliphatic heterocycles. The highest BCUT2D eigenvalue weighted by molar-refractivity contribution is 7.64. The number of hydrogen-bond donors (Lipinski definition) is 0. The first-order valence-electron chi connectivity index (χ1n) is 4.60. The van der Waals surface area contributed by atoms with Gasteiger partial charge in [-0.25, -0.2) is 0 Å². The molecule has 0 spiro atoms. The predicted molar refractivity (Wildman–Crippen MR) is 58.7 cm³/mol. The molecular formula is C11H17P. The Kier molecular flexibility index (Phi) is 4.32. The zero-order chi connectivity index (χ0) is 8.81. The fraction of sp³-hybridized carbons (Fsp3) is 0.455. The fourth-order valence-corrected chi connectivity index (χ4v) is 2.94. The fourth-order valence-electron chi connectivity index (χ4n) is 1.21. The zero-order valence-corrected chi connectivity index (χ0v) is 8.85. The predicted octanol–water partition coefficient (Wildman–Crippen LogP) is 3.22. The molecule has 0 aliphatic rings. The monoisotopic (exact) mass is 180 g/mol. The first kappa shape index (κ1) is 9.74. The second-order valence-electron chi connectivity index (χ2n) is 3.11. The quantitative estimate of drug-likeness (QED) is 0.624. The summed E-state index contributed by atoms with van der Waals surface area (Å²) in [5, 5.41) is 1.54. The molecule has 0 radical (unpaired) electrons. The SMILES string of the molecule is CCCC[P@@](C)c1ccccc1. The molecule has 0 aromatic heterocycles. The average molecular weight is 180 g/mol. The molecule has 0 N–H and O–H groups in total. The highest BCUT2D eigenvalue weighted by atomic mass is 31.1. The minimum absolute atomic E-state index is 0.118. The highest BCUT2D eigenvalue weighted by Gasteiger charge is 2.01. The summed E-state index contributed by atoms with van der Waals surface area (Å²) in [6.07, 6.45) is 4.08. The molecule has 1 heteroatoms. The number of benzene rings is 1. The maximum absolute atomic E-state index is 2.38. The van der Waals surface area contributed by atoms with Crippen molar-refractivity contribution in [3.05, 3.63) is 30.3 Å². The van der Waals surface area contributed by atoms with Crippen LogP contribution >= 0.6 is 7.92 Å². The van der Waals surface area contributed by atoms with Crippen LogP contribution in [0, 0.1) is 0 Å². The van der Waals surface area contributed by atoms with E-state index >= 15 is 0 Å². The van der Waals surface area contributed by atoms with Gasteiger partial charge in [0.15, 0.2) is 0 Å².